The number of benzene rings is 1. The van der Waals surface area contributed by atoms with Gasteiger partial charge in [0.25, 0.3) is 5.91 Å². The molecule has 0 saturated carbocycles. The molecular weight excluding hydrogens is 364 g/mol. The van der Waals surface area contributed by atoms with Crippen molar-refractivity contribution in [1.29, 1.82) is 0 Å². The van der Waals surface area contributed by atoms with Crippen LogP contribution in [0.25, 0.3) is 0 Å². The maximum absolute atomic E-state index is 12.9. The Morgan fingerprint density at radius 3 is 2.33 bits per heavy atom. The maximum Gasteiger partial charge on any atom is 0.253 e. The summed E-state index contributed by atoms with van der Waals surface area (Å²) >= 11 is 0. The lowest BCUT2D eigenvalue weighted by atomic mass is 10.1. The third-order valence-corrected chi connectivity index (χ3v) is 6.86. The van der Waals surface area contributed by atoms with Crippen LogP contribution in [0.2, 0.25) is 0 Å². The molecule has 1 fully saturated rings. The minimum Gasteiger partial charge on any atom is -0.371 e. The molecular formula is C19H32N4O3S. The monoisotopic (exact) mass is 396 g/mol. The van der Waals surface area contributed by atoms with Crippen LogP contribution in [0.15, 0.2) is 23.1 Å². The highest BCUT2D eigenvalue weighted by Crippen LogP contribution is 2.28. The molecule has 0 radical (unpaired) electrons. The van der Waals surface area contributed by atoms with E-state index in [2.05, 4.69) is 29.0 Å². The lowest BCUT2D eigenvalue weighted by Gasteiger charge is -2.23. The Hall–Kier alpha value is -1.64. The molecule has 7 nitrogen and oxygen atoms in total. The Balaban J connectivity index is 2.28. The van der Waals surface area contributed by atoms with Crippen LogP contribution < -0.4 is 10.2 Å². The lowest BCUT2D eigenvalue weighted by Crippen LogP contribution is -2.35. The Bertz CT molecular complexity index is 739. The van der Waals surface area contributed by atoms with Gasteiger partial charge in [0.15, 0.2) is 0 Å². The first kappa shape index (κ1) is 21.7. The second-order valence-corrected chi connectivity index (χ2v) is 9.10. The minimum absolute atomic E-state index is 0.143. The van der Waals surface area contributed by atoms with Crippen LogP contribution in [0.5, 0.6) is 0 Å². The largest absolute Gasteiger partial charge is 0.371 e. The molecule has 1 amide bonds. The number of likely N-dealkylation sites (N-methyl/N-ethyl adjacent to an activating group) is 1. The van der Waals surface area contributed by atoms with Crippen LogP contribution in [-0.4, -0.2) is 76.9 Å². The van der Waals surface area contributed by atoms with E-state index in [1.807, 2.05) is 0 Å². The highest BCUT2D eigenvalue weighted by molar-refractivity contribution is 7.89. The Labute approximate surface area is 163 Å². The average Bonchev–Trinajstić information content (AvgIpc) is 3.19. The highest BCUT2D eigenvalue weighted by Gasteiger charge is 2.24. The van der Waals surface area contributed by atoms with Crippen LogP contribution in [-0.2, 0) is 10.0 Å². The molecule has 1 aromatic rings. The molecule has 0 spiro atoms. The number of carbonyl (C=O) groups excluding carboxylic acids is 1. The SMILES string of the molecule is CCN(CC)CCNC(=O)c1cc(S(=O)(=O)N(C)C)ccc1N1CCCC1. The van der Waals surface area contributed by atoms with Crippen molar-refractivity contribution < 1.29 is 13.2 Å². The molecule has 1 aliphatic rings. The number of sulfonamides is 1. The molecule has 1 aromatic carbocycles. The fourth-order valence-corrected chi connectivity index (χ4v) is 4.19. The number of rotatable bonds is 9. The van der Waals surface area contributed by atoms with E-state index in [-0.39, 0.29) is 10.8 Å². The van der Waals surface area contributed by atoms with Crippen LogP contribution in [0.4, 0.5) is 5.69 Å². The third kappa shape index (κ3) is 5.21. The van der Waals surface area contributed by atoms with Crippen molar-refractivity contribution in [1.82, 2.24) is 14.5 Å². The number of nitrogens with one attached hydrogen (secondary N) is 1. The topological polar surface area (TPSA) is 73.0 Å². The van der Waals surface area contributed by atoms with Gasteiger partial charge in [-0.25, -0.2) is 12.7 Å². The Kier molecular flexibility index (Phi) is 7.64. The molecule has 0 aromatic heterocycles. The van der Waals surface area contributed by atoms with E-state index >= 15 is 0 Å². The number of anilines is 1. The summed E-state index contributed by atoms with van der Waals surface area (Å²) in [5.74, 6) is -0.222. The van der Waals surface area contributed by atoms with Gasteiger partial charge in [-0.1, -0.05) is 13.8 Å². The summed E-state index contributed by atoms with van der Waals surface area (Å²) in [5.41, 5.74) is 1.24. The number of hydrogen-bond donors (Lipinski definition) is 1. The van der Waals surface area contributed by atoms with E-state index in [0.29, 0.717) is 12.1 Å². The van der Waals surface area contributed by atoms with E-state index in [1.165, 1.54) is 24.5 Å². The van der Waals surface area contributed by atoms with Gasteiger partial charge in [0, 0.05) is 46.0 Å². The maximum atomic E-state index is 12.9. The zero-order valence-electron chi connectivity index (χ0n) is 16.9. The van der Waals surface area contributed by atoms with Crippen LogP contribution in [0.3, 0.4) is 0 Å². The molecule has 27 heavy (non-hydrogen) atoms. The van der Waals surface area contributed by atoms with Crippen molar-refractivity contribution in [3.63, 3.8) is 0 Å². The molecule has 1 saturated heterocycles. The number of hydrogen-bond acceptors (Lipinski definition) is 5. The first-order chi connectivity index (χ1) is 12.8. The van der Waals surface area contributed by atoms with Gasteiger partial charge in [-0.15, -0.1) is 0 Å². The van der Waals surface area contributed by atoms with E-state index in [0.717, 1.165) is 51.3 Å². The molecule has 0 aliphatic carbocycles. The fourth-order valence-electron chi connectivity index (χ4n) is 3.26. The molecule has 1 aliphatic heterocycles. The van der Waals surface area contributed by atoms with Gasteiger partial charge in [-0.05, 0) is 44.1 Å². The van der Waals surface area contributed by atoms with E-state index in [4.69, 9.17) is 0 Å². The van der Waals surface area contributed by atoms with E-state index < -0.39 is 10.0 Å². The van der Waals surface area contributed by atoms with Crippen LogP contribution in [0.1, 0.15) is 37.0 Å². The summed E-state index contributed by atoms with van der Waals surface area (Å²) in [6.45, 7) is 9.12. The van der Waals surface area contributed by atoms with Crippen molar-refractivity contribution in [3.8, 4) is 0 Å². The molecule has 1 heterocycles. The normalized spacial score (nSPS) is 15.0. The zero-order chi connectivity index (χ0) is 20.0. The van der Waals surface area contributed by atoms with E-state index in [9.17, 15) is 13.2 Å². The number of carbonyl (C=O) groups is 1. The number of nitrogens with zero attached hydrogens (tertiary/aromatic N) is 3. The highest BCUT2D eigenvalue weighted by atomic mass is 32.2. The Morgan fingerprint density at radius 2 is 1.78 bits per heavy atom. The van der Waals surface area contributed by atoms with Gasteiger partial charge < -0.3 is 15.1 Å². The summed E-state index contributed by atoms with van der Waals surface area (Å²) in [7, 11) is -0.601. The Morgan fingerprint density at radius 1 is 1.15 bits per heavy atom. The predicted molar refractivity (Wildman–Crippen MR) is 109 cm³/mol. The van der Waals surface area contributed by atoms with Crippen molar-refractivity contribution in [3.05, 3.63) is 23.8 Å². The van der Waals surface area contributed by atoms with Gasteiger partial charge >= 0.3 is 0 Å². The predicted octanol–water partition coefficient (Wildman–Crippen LogP) is 1.61. The van der Waals surface area contributed by atoms with Gasteiger partial charge in [0.2, 0.25) is 10.0 Å². The summed E-state index contributed by atoms with van der Waals surface area (Å²) in [4.78, 5) is 17.4. The summed E-state index contributed by atoms with van der Waals surface area (Å²) in [6.07, 6.45) is 2.17. The molecule has 0 unspecified atom stereocenters. The zero-order valence-corrected chi connectivity index (χ0v) is 17.7. The summed E-state index contributed by atoms with van der Waals surface area (Å²) in [5, 5.41) is 2.95. The number of amides is 1. The molecule has 152 valence electrons. The minimum atomic E-state index is -3.59. The van der Waals surface area contributed by atoms with Crippen molar-refractivity contribution in [2.24, 2.45) is 0 Å². The van der Waals surface area contributed by atoms with Crippen molar-refractivity contribution in [2.75, 3.05) is 58.3 Å². The standard InChI is InChI=1S/C19H32N4O3S/c1-5-22(6-2)14-11-20-19(24)17-15-16(27(25,26)21(3)4)9-10-18(17)23-12-7-8-13-23/h9-10,15H,5-8,11-14H2,1-4H3,(H,20,24). The quantitative estimate of drug-likeness (QED) is 0.687. The fraction of sp³-hybridized carbons (Fsp3) is 0.632. The summed E-state index contributed by atoms with van der Waals surface area (Å²) < 4.78 is 26.2. The second-order valence-electron chi connectivity index (χ2n) is 6.94. The lowest BCUT2D eigenvalue weighted by molar-refractivity contribution is 0.0949. The summed E-state index contributed by atoms with van der Waals surface area (Å²) in [6, 6.07) is 4.87. The molecule has 0 atom stereocenters. The van der Waals surface area contributed by atoms with Gasteiger partial charge in [0.1, 0.15) is 0 Å². The average molecular weight is 397 g/mol. The van der Waals surface area contributed by atoms with Crippen molar-refractivity contribution in [2.45, 2.75) is 31.6 Å². The first-order valence-corrected chi connectivity index (χ1v) is 11.1. The van der Waals surface area contributed by atoms with E-state index in [1.54, 1.807) is 12.1 Å². The van der Waals surface area contributed by atoms with Crippen LogP contribution >= 0.6 is 0 Å². The second kappa shape index (κ2) is 9.52. The van der Waals surface area contributed by atoms with Gasteiger partial charge in [0.05, 0.1) is 10.5 Å². The molecule has 2 rings (SSSR count). The molecule has 0 bridgehead atoms. The van der Waals surface area contributed by atoms with Gasteiger partial charge in [-0.3, -0.25) is 4.79 Å². The van der Waals surface area contributed by atoms with Crippen LogP contribution in [0, 0.1) is 0 Å². The van der Waals surface area contributed by atoms with Crippen molar-refractivity contribution >= 4 is 21.6 Å². The molecule has 1 N–H and O–H groups in total. The first-order valence-electron chi connectivity index (χ1n) is 9.63. The van der Waals surface area contributed by atoms with Gasteiger partial charge in [-0.2, -0.15) is 0 Å². The smallest absolute Gasteiger partial charge is 0.253 e. The molecule has 8 heteroatoms. The third-order valence-electron chi connectivity index (χ3n) is 5.05.